The largest absolute Gasteiger partial charge is 0.482 e. The minimum atomic E-state index is -4.67. The average Bonchev–Trinajstić information content (AvgIpc) is 2.52. The summed E-state index contributed by atoms with van der Waals surface area (Å²) < 4.78 is 54.0. The highest BCUT2D eigenvalue weighted by Gasteiger charge is 2.41. The van der Waals surface area contributed by atoms with Crippen LogP contribution in [-0.4, -0.2) is 54.9 Å². The van der Waals surface area contributed by atoms with Gasteiger partial charge in [-0.15, -0.1) is 0 Å². The van der Waals surface area contributed by atoms with Crippen molar-refractivity contribution in [1.82, 2.24) is 4.90 Å². The SMILES string of the molecule is CCOC(=O)CN(CC(F)(F)F)C(=O)C1Oc2ccccc2OC1C. The van der Waals surface area contributed by atoms with Gasteiger partial charge in [0.2, 0.25) is 6.10 Å². The summed E-state index contributed by atoms with van der Waals surface area (Å²) in [5.41, 5.74) is 0. The van der Waals surface area contributed by atoms with Gasteiger partial charge in [-0.2, -0.15) is 13.2 Å². The summed E-state index contributed by atoms with van der Waals surface area (Å²) >= 11 is 0. The molecule has 0 spiro atoms. The van der Waals surface area contributed by atoms with Crippen LogP contribution in [0, 0.1) is 0 Å². The first-order chi connectivity index (χ1) is 11.7. The van der Waals surface area contributed by atoms with Gasteiger partial charge in [-0.05, 0) is 26.0 Å². The van der Waals surface area contributed by atoms with Crippen LogP contribution in [0.25, 0.3) is 0 Å². The first-order valence-electron chi connectivity index (χ1n) is 7.64. The lowest BCUT2D eigenvalue weighted by molar-refractivity contribution is -0.173. The number of carbonyl (C=O) groups is 2. The van der Waals surface area contributed by atoms with Crippen molar-refractivity contribution in [2.75, 3.05) is 19.7 Å². The van der Waals surface area contributed by atoms with Crippen molar-refractivity contribution in [3.63, 3.8) is 0 Å². The molecule has 1 amide bonds. The van der Waals surface area contributed by atoms with E-state index in [9.17, 15) is 22.8 Å². The first kappa shape index (κ1) is 18.9. The molecule has 1 aromatic rings. The summed E-state index contributed by atoms with van der Waals surface area (Å²) in [6.07, 6.45) is -6.79. The topological polar surface area (TPSA) is 65.1 Å². The summed E-state index contributed by atoms with van der Waals surface area (Å²) in [7, 11) is 0. The summed E-state index contributed by atoms with van der Waals surface area (Å²) in [5.74, 6) is -1.27. The van der Waals surface area contributed by atoms with Crippen LogP contribution in [0.1, 0.15) is 13.8 Å². The molecule has 0 N–H and O–H groups in total. The Morgan fingerprint density at radius 2 is 1.80 bits per heavy atom. The van der Waals surface area contributed by atoms with Gasteiger partial charge in [-0.25, -0.2) is 0 Å². The minimum Gasteiger partial charge on any atom is -0.482 e. The van der Waals surface area contributed by atoms with E-state index in [4.69, 9.17) is 9.47 Å². The Hall–Kier alpha value is -2.45. The number of hydrogen-bond donors (Lipinski definition) is 0. The number of amides is 1. The van der Waals surface area contributed by atoms with E-state index in [1.54, 1.807) is 24.3 Å². The lowest BCUT2D eigenvalue weighted by Gasteiger charge is -2.34. The van der Waals surface area contributed by atoms with Crippen molar-refractivity contribution in [3.05, 3.63) is 24.3 Å². The second-order valence-electron chi connectivity index (χ2n) is 5.42. The molecule has 0 fully saturated rings. The van der Waals surface area contributed by atoms with Gasteiger partial charge in [-0.3, -0.25) is 9.59 Å². The molecule has 2 unspecified atom stereocenters. The second kappa shape index (κ2) is 7.62. The zero-order valence-corrected chi connectivity index (χ0v) is 13.7. The molecule has 0 aliphatic carbocycles. The first-order valence-corrected chi connectivity index (χ1v) is 7.64. The van der Waals surface area contributed by atoms with Gasteiger partial charge in [0.25, 0.3) is 5.91 Å². The van der Waals surface area contributed by atoms with Gasteiger partial charge in [0.15, 0.2) is 11.5 Å². The fraction of sp³-hybridized carbons (Fsp3) is 0.500. The number of fused-ring (bicyclic) bond motifs is 1. The fourth-order valence-electron chi connectivity index (χ4n) is 2.36. The standard InChI is InChI=1S/C16H18F3NO5/c1-3-23-13(21)8-20(9-16(17,18)19)15(22)14-10(2)24-11-6-4-5-7-12(11)25-14/h4-7,10,14H,3,8-9H2,1-2H3. The number of ether oxygens (including phenoxy) is 3. The molecule has 0 bridgehead atoms. The van der Waals surface area contributed by atoms with Crippen molar-refractivity contribution >= 4 is 11.9 Å². The Morgan fingerprint density at radius 3 is 2.36 bits per heavy atom. The highest BCUT2D eigenvalue weighted by molar-refractivity contribution is 5.86. The maximum absolute atomic E-state index is 12.8. The van der Waals surface area contributed by atoms with Crippen molar-refractivity contribution in [1.29, 1.82) is 0 Å². The number of nitrogens with zero attached hydrogens (tertiary/aromatic N) is 1. The van der Waals surface area contributed by atoms with Crippen LogP contribution in [-0.2, 0) is 14.3 Å². The lowest BCUT2D eigenvalue weighted by atomic mass is 10.1. The van der Waals surface area contributed by atoms with Crippen LogP contribution in [0.3, 0.4) is 0 Å². The number of alkyl halides is 3. The molecule has 9 heteroatoms. The molecule has 1 heterocycles. The van der Waals surface area contributed by atoms with Gasteiger partial charge in [0.1, 0.15) is 19.2 Å². The van der Waals surface area contributed by atoms with Gasteiger partial charge in [-0.1, -0.05) is 12.1 Å². The van der Waals surface area contributed by atoms with Crippen molar-refractivity contribution in [3.8, 4) is 11.5 Å². The summed E-state index contributed by atoms with van der Waals surface area (Å²) in [6, 6.07) is 6.51. The van der Waals surface area contributed by atoms with E-state index in [1.165, 1.54) is 13.8 Å². The molecule has 0 saturated carbocycles. The van der Waals surface area contributed by atoms with E-state index < -0.39 is 43.4 Å². The molecule has 1 aliphatic rings. The smallest absolute Gasteiger partial charge is 0.406 e. The van der Waals surface area contributed by atoms with Gasteiger partial charge >= 0.3 is 12.1 Å². The zero-order chi connectivity index (χ0) is 18.6. The van der Waals surface area contributed by atoms with Crippen molar-refractivity contribution < 1.29 is 37.0 Å². The Kier molecular flexibility index (Phi) is 5.76. The van der Waals surface area contributed by atoms with Crippen molar-refractivity contribution in [2.24, 2.45) is 0 Å². The summed E-state index contributed by atoms with van der Waals surface area (Å²) in [5, 5.41) is 0. The molecule has 2 rings (SSSR count). The van der Waals surface area contributed by atoms with E-state index in [0.29, 0.717) is 10.6 Å². The third kappa shape index (κ3) is 5.01. The average molecular weight is 361 g/mol. The normalized spacial score (nSPS) is 19.2. The number of benzene rings is 1. The highest BCUT2D eigenvalue weighted by atomic mass is 19.4. The predicted molar refractivity (Wildman–Crippen MR) is 80.2 cm³/mol. The van der Waals surface area contributed by atoms with E-state index in [2.05, 4.69) is 4.74 Å². The highest BCUT2D eigenvalue weighted by Crippen LogP contribution is 2.34. The third-order valence-corrected chi connectivity index (χ3v) is 3.39. The predicted octanol–water partition coefficient (Wildman–Crippen LogP) is 2.17. The molecule has 6 nitrogen and oxygen atoms in total. The van der Waals surface area contributed by atoms with Crippen LogP contribution in [0.4, 0.5) is 13.2 Å². The Labute approximate surface area is 142 Å². The van der Waals surface area contributed by atoms with E-state index in [0.717, 1.165) is 0 Å². The summed E-state index contributed by atoms with van der Waals surface area (Å²) in [6.45, 7) is 0.624. The maximum Gasteiger partial charge on any atom is 0.406 e. The number of halogens is 3. The number of hydrogen-bond acceptors (Lipinski definition) is 5. The molecule has 0 radical (unpaired) electrons. The Morgan fingerprint density at radius 1 is 1.20 bits per heavy atom. The van der Waals surface area contributed by atoms with Crippen LogP contribution < -0.4 is 9.47 Å². The number of esters is 1. The van der Waals surface area contributed by atoms with Crippen molar-refractivity contribution in [2.45, 2.75) is 32.2 Å². The molecule has 0 aromatic heterocycles. The molecule has 138 valence electrons. The molecule has 1 aliphatic heterocycles. The van der Waals surface area contributed by atoms with Gasteiger partial charge in [0, 0.05) is 0 Å². The quantitative estimate of drug-likeness (QED) is 0.752. The molecular formula is C16H18F3NO5. The fourth-order valence-corrected chi connectivity index (χ4v) is 2.36. The van der Waals surface area contributed by atoms with Crippen LogP contribution in [0.2, 0.25) is 0 Å². The number of para-hydroxylation sites is 2. The molecule has 2 atom stereocenters. The van der Waals surface area contributed by atoms with Gasteiger partial charge < -0.3 is 19.1 Å². The zero-order valence-electron chi connectivity index (χ0n) is 13.7. The van der Waals surface area contributed by atoms with E-state index in [1.807, 2.05) is 0 Å². The van der Waals surface area contributed by atoms with Crippen LogP contribution >= 0.6 is 0 Å². The third-order valence-electron chi connectivity index (χ3n) is 3.39. The Balaban J connectivity index is 2.18. The maximum atomic E-state index is 12.8. The van der Waals surface area contributed by atoms with Gasteiger partial charge in [0.05, 0.1) is 6.61 Å². The number of rotatable bonds is 5. The van der Waals surface area contributed by atoms with E-state index >= 15 is 0 Å². The minimum absolute atomic E-state index is 0.000298. The second-order valence-corrected chi connectivity index (χ2v) is 5.42. The molecule has 25 heavy (non-hydrogen) atoms. The monoisotopic (exact) mass is 361 g/mol. The van der Waals surface area contributed by atoms with Crippen LogP contribution in [0.5, 0.6) is 11.5 Å². The Bertz CT molecular complexity index is 634. The van der Waals surface area contributed by atoms with Crippen LogP contribution in [0.15, 0.2) is 24.3 Å². The molecule has 0 saturated heterocycles. The lowest BCUT2D eigenvalue weighted by Crippen LogP contribution is -2.53. The summed E-state index contributed by atoms with van der Waals surface area (Å²) in [4.78, 5) is 24.5. The molecule has 1 aromatic carbocycles. The number of carbonyl (C=O) groups excluding carboxylic acids is 2. The van der Waals surface area contributed by atoms with E-state index in [-0.39, 0.29) is 12.4 Å². The molecular weight excluding hydrogens is 343 g/mol.